The molecule has 4 fully saturated rings. The molecule has 4 aliphatic carbocycles. The molecule has 1 heterocycles. The molecule has 2 unspecified atom stereocenters. The summed E-state index contributed by atoms with van der Waals surface area (Å²) in [4.78, 5) is 69.8. The maximum atomic E-state index is 16.1. The largest absolute Gasteiger partial charge is 0.507 e. The summed E-state index contributed by atoms with van der Waals surface area (Å²) in [6, 6.07) is 0.0470. The fourth-order valence-electron chi connectivity index (χ4n) is 8.87. The van der Waals surface area contributed by atoms with Gasteiger partial charge < -0.3 is 15.9 Å². The highest BCUT2D eigenvalue weighted by Gasteiger charge is 2.69. The minimum absolute atomic E-state index is 0.0173. The highest BCUT2D eigenvalue weighted by atomic mass is 19.1. The van der Waals surface area contributed by atoms with Crippen LogP contribution >= 0.6 is 0 Å². The molecule has 1 saturated heterocycles. The monoisotopic (exact) mass is 583 g/mol. The number of ketones is 4. The van der Waals surface area contributed by atoms with Crippen molar-refractivity contribution >= 4 is 29.0 Å². The number of Topliss-reactive ketones (excluding diaryl/α,β-unsaturated/α-hetero) is 4. The molecule has 1 aromatic carbocycles. The number of likely N-dealkylation sites (tertiary alicyclic amines) is 1. The number of hydrogen-bond acceptors (Lipinski definition) is 9. The third-order valence-corrected chi connectivity index (χ3v) is 11.0. The molecule has 42 heavy (non-hydrogen) atoms. The molecule has 0 radical (unpaired) electrons. The van der Waals surface area contributed by atoms with Gasteiger partial charge in [0.05, 0.1) is 17.5 Å². The Hall–Kier alpha value is -3.02. The number of phenolic OH excluding ortho intramolecular Hbond substituents is 1. The number of aromatic hydroxyl groups is 1. The molecule has 226 valence electrons. The number of halogens is 1. The molecule has 1 spiro atoms. The Kier molecular flexibility index (Phi) is 6.94. The average Bonchev–Trinajstić information content (AvgIpc) is 3.38. The zero-order valence-electron chi connectivity index (χ0n) is 24.0. The van der Waals surface area contributed by atoms with Crippen LogP contribution in [0.15, 0.2) is 6.07 Å². The van der Waals surface area contributed by atoms with Crippen LogP contribution in [0.2, 0.25) is 0 Å². The van der Waals surface area contributed by atoms with Crippen molar-refractivity contribution in [2.45, 2.75) is 69.6 Å². The molecule has 11 heteroatoms. The highest BCUT2D eigenvalue weighted by Crippen LogP contribution is 2.51. The molecule has 5 aliphatic rings. The second-order valence-corrected chi connectivity index (χ2v) is 13.5. The standard InChI is InChI=1S/C31H38FN3O7/c1-34(2)24-18-12-15-11-17-21(25(37)20(15)27(39)31(18,42)28(40)22(26(24)38)29(33)41)19(36)13-16(23(17)32)14-35-9-7-30(8-10-35)5-3-4-6-30/h13,15,18,20,22,24,36,42H,3-12,14H2,1-2H3,(H2,33,41)/t15-,18-,20?,22?,24-,31-/m0/s1. The number of amides is 1. The fraction of sp³-hybridized carbons (Fsp3) is 0.645. The van der Waals surface area contributed by atoms with E-state index in [9.17, 15) is 34.2 Å². The second kappa shape index (κ2) is 10.0. The van der Waals surface area contributed by atoms with Crippen molar-refractivity contribution in [1.29, 1.82) is 0 Å². The van der Waals surface area contributed by atoms with Gasteiger partial charge in [0, 0.05) is 23.6 Å². The van der Waals surface area contributed by atoms with Gasteiger partial charge in [-0.3, -0.25) is 33.8 Å². The lowest BCUT2D eigenvalue weighted by atomic mass is 9.52. The minimum Gasteiger partial charge on any atom is -0.507 e. The van der Waals surface area contributed by atoms with Gasteiger partial charge in [-0.25, -0.2) is 4.39 Å². The summed E-state index contributed by atoms with van der Waals surface area (Å²) in [6.07, 6.45) is 6.92. The van der Waals surface area contributed by atoms with Crippen molar-refractivity contribution in [3.63, 3.8) is 0 Å². The van der Waals surface area contributed by atoms with Gasteiger partial charge in [-0.2, -0.15) is 0 Å². The van der Waals surface area contributed by atoms with Crippen LogP contribution in [-0.4, -0.2) is 87.9 Å². The van der Waals surface area contributed by atoms with E-state index in [2.05, 4.69) is 4.90 Å². The molecule has 0 bridgehead atoms. The predicted octanol–water partition coefficient (Wildman–Crippen LogP) is 1.16. The second-order valence-electron chi connectivity index (χ2n) is 13.5. The van der Waals surface area contributed by atoms with Gasteiger partial charge in [0.1, 0.15) is 11.6 Å². The van der Waals surface area contributed by atoms with Gasteiger partial charge in [0.2, 0.25) is 5.91 Å². The van der Waals surface area contributed by atoms with E-state index in [4.69, 9.17) is 5.73 Å². The summed E-state index contributed by atoms with van der Waals surface area (Å²) < 4.78 is 16.1. The van der Waals surface area contributed by atoms with E-state index < -0.39 is 75.9 Å². The first-order chi connectivity index (χ1) is 19.8. The van der Waals surface area contributed by atoms with Gasteiger partial charge >= 0.3 is 0 Å². The van der Waals surface area contributed by atoms with E-state index in [0.29, 0.717) is 5.41 Å². The predicted molar refractivity (Wildman–Crippen MR) is 147 cm³/mol. The number of nitrogens with zero attached hydrogens (tertiary/aromatic N) is 2. The number of fused-ring (bicyclic) bond motifs is 3. The molecule has 1 aliphatic heterocycles. The Balaban J connectivity index is 1.32. The van der Waals surface area contributed by atoms with Crippen LogP contribution in [0.1, 0.15) is 66.4 Å². The smallest absolute Gasteiger partial charge is 0.235 e. The average molecular weight is 584 g/mol. The lowest BCUT2D eigenvalue weighted by molar-refractivity contribution is -0.181. The van der Waals surface area contributed by atoms with Crippen LogP contribution in [0.5, 0.6) is 5.75 Å². The van der Waals surface area contributed by atoms with Crippen molar-refractivity contribution in [3.05, 3.63) is 28.6 Å². The molecule has 10 nitrogen and oxygen atoms in total. The Morgan fingerprint density at radius 3 is 2.33 bits per heavy atom. The van der Waals surface area contributed by atoms with Gasteiger partial charge in [-0.15, -0.1) is 0 Å². The van der Waals surface area contributed by atoms with Crippen LogP contribution < -0.4 is 5.73 Å². The van der Waals surface area contributed by atoms with E-state index in [0.717, 1.165) is 25.9 Å². The molecule has 4 N–H and O–H groups in total. The third-order valence-electron chi connectivity index (χ3n) is 11.0. The molecule has 6 atom stereocenters. The van der Waals surface area contributed by atoms with Crippen LogP contribution in [0, 0.1) is 34.9 Å². The number of hydrogen-bond donors (Lipinski definition) is 3. The normalized spacial score (nSPS) is 34.5. The van der Waals surface area contributed by atoms with Crippen LogP contribution in [-0.2, 0) is 32.1 Å². The van der Waals surface area contributed by atoms with Gasteiger partial charge in [-0.1, -0.05) is 12.8 Å². The van der Waals surface area contributed by atoms with Gasteiger partial charge in [0.25, 0.3) is 0 Å². The molecular weight excluding hydrogens is 545 g/mol. The highest BCUT2D eigenvalue weighted by molar-refractivity contribution is 6.32. The Labute approximate surface area is 243 Å². The number of benzene rings is 1. The molecule has 6 rings (SSSR count). The number of carbonyl (C=O) groups is 5. The Morgan fingerprint density at radius 1 is 1.10 bits per heavy atom. The lowest BCUT2D eigenvalue weighted by Gasteiger charge is -2.52. The number of likely N-dealkylation sites (N-methyl/N-ethyl adjacent to an activating group) is 1. The molecule has 0 aromatic heterocycles. The molecular formula is C31H38FN3O7. The molecule has 1 amide bonds. The van der Waals surface area contributed by atoms with Crippen molar-refractivity contribution in [2.24, 2.45) is 34.8 Å². The first-order valence-corrected chi connectivity index (χ1v) is 14.9. The first-order valence-electron chi connectivity index (χ1n) is 14.9. The van der Waals surface area contributed by atoms with E-state index in [1.54, 1.807) is 0 Å². The number of rotatable bonds is 4. The maximum absolute atomic E-state index is 16.1. The van der Waals surface area contributed by atoms with Crippen LogP contribution in [0.4, 0.5) is 4.39 Å². The number of aliphatic hydroxyl groups is 1. The summed E-state index contributed by atoms with van der Waals surface area (Å²) in [6.45, 7) is 1.94. The fourth-order valence-corrected chi connectivity index (χ4v) is 8.87. The van der Waals surface area contributed by atoms with Crippen LogP contribution in [0.25, 0.3) is 0 Å². The molecule has 1 aromatic rings. The number of carbonyl (C=O) groups excluding carboxylic acids is 5. The number of piperidine rings is 1. The maximum Gasteiger partial charge on any atom is 0.235 e. The zero-order chi connectivity index (χ0) is 30.3. The topological polar surface area (TPSA) is 158 Å². The quantitative estimate of drug-likeness (QED) is 0.442. The number of primary amides is 1. The van der Waals surface area contributed by atoms with E-state index in [-0.39, 0.29) is 36.1 Å². The van der Waals surface area contributed by atoms with E-state index >= 15 is 4.39 Å². The Morgan fingerprint density at radius 2 is 1.74 bits per heavy atom. The van der Waals surface area contributed by atoms with Crippen molar-refractivity contribution in [2.75, 3.05) is 27.2 Å². The Bertz CT molecular complexity index is 1390. The number of phenols is 1. The van der Waals surface area contributed by atoms with Crippen molar-refractivity contribution in [1.82, 2.24) is 9.80 Å². The molecule has 3 saturated carbocycles. The summed E-state index contributed by atoms with van der Waals surface area (Å²) in [5.41, 5.74) is 2.92. The third kappa shape index (κ3) is 4.11. The van der Waals surface area contributed by atoms with Crippen LogP contribution in [0.3, 0.4) is 0 Å². The summed E-state index contributed by atoms with van der Waals surface area (Å²) in [5, 5.41) is 22.6. The zero-order valence-corrected chi connectivity index (χ0v) is 24.0. The summed E-state index contributed by atoms with van der Waals surface area (Å²) in [7, 11) is 3.04. The minimum atomic E-state index is -2.80. The van der Waals surface area contributed by atoms with E-state index in [1.807, 2.05) is 0 Å². The number of nitrogens with two attached hydrogens (primary N) is 1. The first kappa shape index (κ1) is 29.1. The van der Waals surface area contributed by atoms with Gasteiger partial charge in [0.15, 0.2) is 34.7 Å². The lowest BCUT2D eigenvalue weighted by Crippen LogP contribution is -2.74. The summed E-state index contributed by atoms with van der Waals surface area (Å²) >= 11 is 0. The summed E-state index contributed by atoms with van der Waals surface area (Å²) in [5.74, 6) is -12.1. The van der Waals surface area contributed by atoms with E-state index in [1.165, 1.54) is 50.7 Å². The van der Waals surface area contributed by atoms with Crippen molar-refractivity contribution < 1.29 is 38.6 Å². The van der Waals surface area contributed by atoms with Gasteiger partial charge in [-0.05, 0) is 83.1 Å². The van der Waals surface area contributed by atoms with Crippen molar-refractivity contribution in [3.8, 4) is 5.75 Å². The SMILES string of the molecule is CN(C)[C@@H]1C(=O)C(C(N)=O)C(=O)[C@@]2(O)C(=O)C3C(=O)c4c(O)cc(CN5CCC6(CCCC6)CC5)c(F)c4C[C@H]3C[C@@H]12.